The fourth-order valence-electron chi connectivity index (χ4n) is 3.01. The number of pyridine rings is 1. The minimum atomic E-state index is -4.40. The quantitative estimate of drug-likeness (QED) is 0.454. The minimum absolute atomic E-state index is 0.323. The van der Waals surface area contributed by atoms with Gasteiger partial charge in [0.15, 0.2) is 0 Å². The molecule has 4 aromatic rings. The van der Waals surface area contributed by atoms with Crippen LogP contribution < -0.4 is 10.1 Å². The maximum atomic E-state index is 13.0. The second-order valence-electron chi connectivity index (χ2n) is 6.24. The predicted octanol–water partition coefficient (Wildman–Crippen LogP) is 6.00. The molecule has 0 saturated heterocycles. The van der Waals surface area contributed by atoms with Crippen LogP contribution in [0, 0.1) is 0 Å². The van der Waals surface area contributed by atoms with Crippen LogP contribution in [0.1, 0.15) is 5.56 Å². The number of hydrogen-bond donors (Lipinski definition) is 2. The summed E-state index contributed by atoms with van der Waals surface area (Å²) < 4.78 is 44.3. The summed E-state index contributed by atoms with van der Waals surface area (Å²) in [5, 5.41) is 3.03. The molecule has 7 heteroatoms. The second kappa shape index (κ2) is 6.92. The molecule has 0 spiro atoms. The molecule has 2 heterocycles. The van der Waals surface area contributed by atoms with Crippen LogP contribution in [-0.2, 0) is 6.18 Å². The molecule has 0 atom stereocenters. The monoisotopic (exact) mass is 383 g/mol. The van der Waals surface area contributed by atoms with Crippen molar-refractivity contribution in [2.24, 2.45) is 0 Å². The number of ether oxygens (including phenoxy) is 1. The van der Waals surface area contributed by atoms with Crippen molar-refractivity contribution in [2.75, 3.05) is 12.4 Å². The van der Waals surface area contributed by atoms with E-state index in [-0.39, 0.29) is 0 Å². The van der Waals surface area contributed by atoms with Crippen LogP contribution in [0.5, 0.6) is 5.75 Å². The second-order valence-corrected chi connectivity index (χ2v) is 6.24. The molecule has 28 heavy (non-hydrogen) atoms. The summed E-state index contributed by atoms with van der Waals surface area (Å²) in [6, 6.07) is 16.2. The van der Waals surface area contributed by atoms with Crippen molar-refractivity contribution in [1.82, 2.24) is 9.97 Å². The van der Waals surface area contributed by atoms with Gasteiger partial charge in [-0.25, -0.2) is 0 Å². The van der Waals surface area contributed by atoms with Crippen molar-refractivity contribution < 1.29 is 17.9 Å². The molecule has 2 N–H and O–H groups in total. The van der Waals surface area contributed by atoms with Crippen LogP contribution >= 0.6 is 0 Å². The van der Waals surface area contributed by atoms with E-state index in [9.17, 15) is 13.2 Å². The normalized spacial score (nSPS) is 11.6. The van der Waals surface area contributed by atoms with E-state index in [0.29, 0.717) is 17.1 Å². The van der Waals surface area contributed by atoms with Gasteiger partial charge >= 0.3 is 6.18 Å². The predicted molar refractivity (Wildman–Crippen MR) is 103 cm³/mol. The number of nitrogens with zero attached hydrogens (tertiary/aromatic N) is 1. The Kier molecular flexibility index (Phi) is 4.43. The van der Waals surface area contributed by atoms with Crippen molar-refractivity contribution in [2.45, 2.75) is 6.18 Å². The Morgan fingerprint density at radius 1 is 1.00 bits per heavy atom. The van der Waals surface area contributed by atoms with Crippen molar-refractivity contribution in [1.29, 1.82) is 0 Å². The van der Waals surface area contributed by atoms with Crippen molar-refractivity contribution in [3.8, 4) is 17.0 Å². The fourth-order valence-corrected chi connectivity index (χ4v) is 3.01. The molecule has 0 amide bonds. The molecular weight excluding hydrogens is 367 g/mol. The lowest BCUT2D eigenvalue weighted by Crippen LogP contribution is -2.05. The molecule has 4 rings (SSSR count). The Morgan fingerprint density at radius 2 is 1.86 bits per heavy atom. The van der Waals surface area contributed by atoms with Crippen LogP contribution in [0.25, 0.3) is 22.3 Å². The van der Waals surface area contributed by atoms with Crippen molar-refractivity contribution >= 4 is 22.4 Å². The van der Waals surface area contributed by atoms with E-state index >= 15 is 0 Å². The zero-order valence-corrected chi connectivity index (χ0v) is 14.8. The van der Waals surface area contributed by atoms with Gasteiger partial charge in [-0.15, -0.1) is 0 Å². The fraction of sp³-hybridized carbons (Fsp3) is 0.0952. The van der Waals surface area contributed by atoms with Gasteiger partial charge in [0.2, 0.25) is 0 Å². The summed E-state index contributed by atoms with van der Waals surface area (Å²) in [6.45, 7) is 0. The van der Waals surface area contributed by atoms with Gasteiger partial charge in [-0.2, -0.15) is 13.2 Å². The molecule has 0 radical (unpaired) electrons. The summed E-state index contributed by atoms with van der Waals surface area (Å²) in [5.41, 5.74) is 3.61. The van der Waals surface area contributed by atoms with E-state index in [4.69, 9.17) is 4.74 Å². The zero-order chi connectivity index (χ0) is 19.7. The number of halogens is 3. The number of aromatic nitrogens is 2. The Morgan fingerprint density at radius 3 is 2.61 bits per heavy atom. The minimum Gasteiger partial charge on any atom is -0.495 e. The number of alkyl halides is 3. The summed E-state index contributed by atoms with van der Waals surface area (Å²) >= 11 is 0. The lowest BCUT2D eigenvalue weighted by Gasteiger charge is -2.14. The summed E-state index contributed by atoms with van der Waals surface area (Å²) in [7, 11) is 1.51. The van der Waals surface area contributed by atoms with Crippen LogP contribution in [0.3, 0.4) is 0 Å². The van der Waals surface area contributed by atoms with Crippen molar-refractivity contribution in [3.05, 3.63) is 72.4 Å². The van der Waals surface area contributed by atoms with Gasteiger partial charge in [0, 0.05) is 23.1 Å². The highest BCUT2D eigenvalue weighted by atomic mass is 19.4. The van der Waals surface area contributed by atoms with E-state index in [1.54, 1.807) is 18.3 Å². The topological polar surface area (TPSA) is 49.9 Å². The maximum absolute atomic E-state index is 13.0. The van der Waals surface area contributed by atoms with Crippen LogP contribution in [0.4, 0.5) is 24.5 Å². The Bertz CT molecular complexity index is 1100. The van der Waals surface area contributed by atoms with Crippen LogP contribution in [-0.4, -0.2) is 17.1 Å². The number of benzene rings is 2. The van der Waals surface area contributed by atoms with E-state index in [1.807, 2.05) is 30.3 Å². The average Bonchev–Trinajstić information content (AvgIpc) is 3.12. The van der Waals surface area contributed by atoms with E-state index in [2.05, 4.69) is 15.3 Å². The number of H-pyrrole nitrogens is 1. The molecule has 0 aliphatic rings. The van der Waals surface area contributed by atoms with Gasteiger partial charge in [0.05, 0.1) is 29.4 Å². The van der Waals surface area contributed by atoms with Gasteiger partial charge in [-0.1, -0.05) is 6.07 Å². The molecule has 2 aromatic heterocycles. The number of fused-ring (bicyclic) bond motifs is 1. The maximum Gasteiger partial charge on any atom is 0.416 e. The van der Waals surface area contributed by atoms with Gasteiger partial charge < -0.3 is 15.0 Å². The summed E-state index contributed by atoms with van der Waals surface area (Å²) in [5.74, 6) is 0.524. The van der Waals surface area contributed by atoms with Crippen LogP contribution in [0.15, 0.2) is 66.9 Å². The molecule has 4 nitrogen and oxygen atoms in total. The number of nitrogens with one attached hydrogen (secondary N) is 2. The molecule has 0 bridgehead atoms. The molecule has 142 valence electrons. The first-order valence-corrected chi connectivity index (χ1v) is 8.50. The molecule has 2 aromatic carbocycles. The zero-order valence-electron chi connectivity index (χ0n) is 14.8. The highest BCUT2D eigenvalue weighted by molar-refractivity contribution is 5.84. The Balaban J connectivity index is 1.71. The van der Waals surface area contributed by atoms with Gasteiger partial charge in [-0.05, 0) is 54.6 Å². The molecular formula is C21H16F3N3O. The Labute approximate surface area is 159 Å². The first-order valence-electron chi connectivity index (χ1n) is 8.50. The van der Waals surface area contributed by atoms with Gasteiger partial charge in [0.1, 0.15) is 5.75 Å². The number of methoxy groups -OCH3 is 1. The average molecular weight is 383 g/mol. The van der Waals surface area contributed by atoms with E-state index in [1.165, 1.54) is 13.2 Å². The largest absolute Gasteiger partial charge is 0.495 e. The molecule has 0 unspecified atom stereocenters. The summed E-state index contributed by atoms with van der Waals surface area (Å²) in [6.07, 6.45) is -2.68. The van der Waals surface area contributed by atoms with E-state index < -0.39 is 11.7 Å². The van der Waals surface area contributed by atoms with Crippen LogP contribution in [0.2, 0.25) is 0 Å². The molecule has 0 fully saturated rings. The standard InChI is InChI=1S/C21H16F3N3O/c1-28-20-8-7-13(17-12-18-16(27-17)6-3-9-25-18)10-19(20)26-15-5-2-4-14(11-15)21(22,23)24/h2-12,26-27H,1H3. The number of hydrogen-bond acceptors (Lipinski definition) is 3. The van der Waals surface area contributed by atoms with Gasteiger partial charge in [-0.3, -0.25) is 4.98 Å². The smallest absolute Gasteiger partial charge is 0.416 e. The van der Waals surface area contributed by atoms with E-state index in [0.717, 1.165) is 34.4 Å². The number of rotatable bonds is 4. The molecule has 0 aliphatic heterocycles. The first kappa shape index (κ1) is 17.9. The highest BCUT2D eigenvalue weighted by Crippen LogP contribution is 2.35. The third-order valence-corrected chi connectivity index (χ3v) is 4.37. The lowest BCUT2D eigenvalue weighted by molar-refractivity contribution is -0.137. The lowest BCUT2D eigenvalue weighted by atomic mass is 10.1. The van der Waals surface area contributed by atoms with Gasteiger partial charge in [0.25, 0.3) is 0 Å². The first-order chi connectivity index (χ1) is 13.4. The number of anilines is 2. The summed E-state index contributed by atoms with van der Waals surface area (Å²) in [4.78, 5) is 7.60. The highest BCUT2D eigenvalue weighted by Gasteiger charge is 2.30. The Hall–Kier alpha value is -3.48. The SMILES string of the molecule is COc1ccc(-c2cc3ncccc3[nH]2)cc1Nc1cccc(C(F)(F)F)c1. The third kappa shape index (κ3) is 3.51. The number of aromatic amines is 1. The van der Waals surface area contributed by atoms with Crippen molar-refractivity contribution in [3.63, 3.8) is 0 Å². The molecule has 0 saturated carbocycles. The molecule has 0 aliphatic carbocycles. The third-order valence-electron chi connectivity index (χ3n) is 4.37.